The SMILES string of the molecule is CCCCc1ccsc1C1CN=CN(C)C1. The minimum Gasteiger partial charge on any atom is -0.365 e. The lowest BCUT2D eigenvalue weighted by atomic mass is 9.99. The van der Waals surface area contributed by atoms with Gasteiger partial charge >= 0.3 is 0 Å². The number of rotatable bonds is 4. The standard InChI is InChI=1S/C13H20N2S/c1-3-4-5-11-6-7-16-13(11)12-8-14-10-15(2)9-12/h6-7,10,12H,3-5,8-9H2,1-2H3. The summed E-state index contributed by atoms with van der Waals surface area (Å²) in [5, 5.41) is 2.23. The van der Waals surface area contributed by atoms with E-state index in [4.69, 9.17) is 0 Å². The summed E-state index contributed by atoms with van der Waals surface area (Å²) < 4.78 is 0. The van der Waals surface area contributed by atoms with Gasteiger partial charge in [0.05, 0.1) is 12.9 Å². The molecule has 1 aromatic heterocycles. The molecule has 2 rings (SSSR count). The molecule has 1 atom stereocenters. The third kappa shape index (κ3) is 2.64. The Hall–Kier alpha value is -0.830. The van der Waals surface area contributed by atoms with Crippen molar-refractivity contribution in [3.05, 3.63) is 21.9 Å². The molecule has 0 saturated carbocycles. The fourth-order valence-corrected chi connectivity index (χ4v) is 3.25. The zero-order chi connectivity index (χ0) is 11.4. The van der Waals surface area contributed by atoms with E-state index in [0.717, 1.165) is 13.1 Å². The smallest absolute Gasteiger partial charge is 0.0847 e. The molecule has 1 aliphatic rings. The second-order valence-electron chi connectivity index (χ2n) is 4.53. The average Bonchev–Trinajstić information content (AvgIpc) is 2.74. The van der Waals surface area contributed by atoms with E-state index in [0.29, 0.717) is 5.92 Å². The number of nitrogens with zero attached hydrogens (tertiary/aromatic N) is 2. The van der Waals surface area contributed by atoms with Crippen LogP contribution in [0, 0.1) is 0 Å². The molecule has 2 heterocycles. The highest BCUT2D eigenvalue weighted by Crippen LogP contribution is 2.29. The summed E-state index contributed by atoms with van der Waals surface area (Å²) >= 11 is 1.91. The van der Waals surface area contributed by atoms with Crippen LogP contribution in [-0.2, 0) is 6.42 Å². The number of aryl methyl sites for hydroxylation is 1. The van der Waals surface area contributed by atoms with E-state index in [1.165, 1.54) is 19.3 Å². The lowest BCUT2D eigenvalue weighted by molar-refractivity contribution is 0.442. The van der Waals surface area contributed by atoms with Crippen LogP contribution in [0.15, 0.2) is 16.4 Å². The molecular weight excluding hydrogens is 216 g/mol. The van der Waals surface area contributed by atoms with Crippen molar-refractivity contribution in [2.75, 3.05) is 20.1 Å². The van der Waals surface area contributed by atoms with Crippen molar-refractivity contribution in [2.24, 2.45) is 4.99 Å². The summed E-state index contributed by atoms with van der Waals surface area (Å²) in [4.78, 5) is 8.18. The molecule has 1 aromatic rings. The van der Waals surface area contributed by atoms with Crippen molar-refractivity contribution in [1.82, 2.24) is 4.90 Å². The maximum Gasteiger partial charge on any atom is 0.0847 e. The first-order chi connectivity index (χ1) is 7.81. The molecule has 0 radical (unpaired) electrons. The lowest BCUT2D eigenvalue weighted by Gasteiger charge is -2.25. The first-order valence-electron chi connectivity index (χ1n) is 6.07. The summed E-state index contributed by atoms with van der Waals surface area (Å²) in [6.07, 6.45) is 5.77. The minimum atomic E-state index is 0.613. The Bertz CT molecular complexity index is 357. The van der Waals surface area contributed by atoms with Crippen molar-refractivity contribution >= 4 is 17.7 Å². The average molecular weight is 236 g/mol. The maximum atomic E-state index is 4.42. The molecule has 1 aliphatic heterocycles. The molecule has 0 spiro atoms. The Kier molecular flexibility index (Phi) is 3.99. The van der Waals surface area contributed by atoms with Crippen LogP contribution in [0.5, 0.6) is 0 Å². The third-order valence-electron chi connectivity index (χ3n) is 3.06. The molecule has 1 unspecified atom stereocenters. The number of hydrogen-bond acceptors (Lipinski definition) is 3. The Morgan fingerprint density at radius 1 is 1.56 bits per heavy atom. The summed E-state index contributed by atoms with van der Waals surface area (Å²) in [6, 6.07) is 2.30. The Morgan fingerprint density at radius 3 is 3.19 bits per heavy atom. The molecule has 0 aromatic carbocycles. The molecule has 0 bridgehead atoms. The highest BCUT2D eigenvalue weighted by atomic mass is 32.1. The van der Waals surface area contributed by atoms with Gasteiger partial charge in [-0.15, -0.1) is 11.3 Å². The topological polar surface area (TPSA) is 15.6 Å². The van der Waals surface area contributed by atoms with E-state index in [-0.39, 0.29) is 0 Å². The Balaban J connectivity index is 2.08. The largest absolute Gasteiger partial charge is 0.365 e. The fraction of sp³-hybridized carbons (Fsp3) is 0.615. The third-order valence-corrected chi connectivity index (χ3v) is 4.19. The molecule has 16 heavy (non-hydrogen) atoms. The van der Waals surface area contributed by atoms with Gasteiger partial charge in [-0.25, -0.2) is 0 Å². The summed E-state index contributed by atoms with van der Waals surface area (Å²) in [5.74, 6) is 0.613. The number of aliphatic imine (C=N–C) groups is 1. The van der Waals surface area contributed by atoms with Crippen LogP contribution in [-0.4, -0.2) is 31.4 Å². The second kappa shape index (κ2) is 5.48. The van der Waals surface area contributed by atoms with E-state index >= 15 is 0 Å². The Morgan fingerprint density at radius 2 is 2.44 bits per heavy atom. The molecule has 0 aliphatic carbocycles. The summed E-state index contributed by atoms with van der Waals surface area (Å²) in [7, 11) is 2.11. The number of thiophene rings is 1. The van der Waals surface area contributed by atoms with Crippen molar-refractivity contribution in [1.29, 1.82) is 0 Å². The van der Waals surface area contributed by atoms with Crippen LogP contribution in [0.25, 0.3) is 0 Å². The molecule has 0 fully saturated rings. The van der Waals surface area contributed by atoms with E-state index in [2.05, 4.69) is 35.3 Å². The van der Waals surface area contributed by atoms with Crippen LogP contribution in [0.1, 0.15) is 36.1 Å². The van der Waals surface area contributed by atoms with Gasteiger partial charge in [-0.3, -0.25) is 4.99 Å². The highest BCUT2D eigenvalue weighted by molar-refractivity contribution is 7.10. The van der Waals surface area contributed by atoms with Crippen LogP contribution in [0.2, 0.25) is 0 Å². The zero-order valence-electron chi connectivity index (χ0n) is 10.1. The van der Waals surface area contributed by atoms with Gasteiger partial charge < -0.3 is 4.90 Å². The van der Waals surface area contributed by atoms with E-state index in [1.807, 2.05) is 17.7 Å². The molecular formula is C13H20N2S. The quantitative estimate of drug-likeness (QED) is 0.784. The number of hydrogen-bond donors (Lipinski definition) is 0. The van der Waals surface area contributed by atoms with Crippen LogP contribution in [0.4, 0.5) is 0 Å². The van der Waals surface area contributed by atoms with Gasteiger partial charge in [0.15, 0.2) is 0 Å². The fourth-order valence-electron chi connectivity index (χ4n) is 2.21. The molecule has 0 amide bonds. The van der Waals surface area contributed by atoms with E-state index in [9.17, 15) is 0 Å². The van der Waals surface area contributed by atoms with Gasteiger partial charge in [-0.05, 0) is 29.9 Å². The first-order valence-corrected chi connectivity index (χ1v) is 6.95. The van der Waals surface area contributed by atoms with Crippen molar-refractivity contribution in [2.45, 2.75) is 32.1 Å². The van der Waals surface area contributed by atoms with Gasteiger partial charge in [0.2, 0.25) is 0 Å². The molecule has 2 nitrogen and oxygen atoms in total. The van der Waals surface area contributed by atoms with Crippen LogP contribution >= 0.6 is 11.3 Å². The first kappa shape index (κ1) is 11.6. The lowest BCUT2D eigenvalue weighted by Crippen LogP contribution is -2.29. The van der Waals surface area contributed by atoms with Gasteiger partial charge in [-0.2, -0.15) is 0 Å². The molecule has 88 valence electrons. The molecule has 0 N–H and O–H groups in total. The monoisotopic (exact) mass is 236 g/mol. The van der Waals surface area contributed by atoms with Gasteiger partial charge in [0, 0.05) is 24.4 Å². The van der Waals surface area contributed by atoms with Gasteiger partial charge in [-0.1, -0.05) is 13.3 Å². The zero-order valence-corrected chi connectivity index (χ0v) is 11.0. The molecule has 0 saturated heterocycles. The van der Waals surface area contributed by atoms with E-state index < -0.39 is 0 Å². The van der Waals surface area contributed by atoms with Crippen molar-refractivity contribution in [3.8, 4) is 0 Å². The van der Waals surface area contributed by atoms with Crippen molar-refractivity contribution < 1.29 is 0 Å². The highest BCUT2D eigenvalue weighted by Gasteiger charge is 2.19. The number of unbranched alkanes of at least 4 members (excludes halogenated alkanes) is 1. The van der Waals surface area contributed by atoms with E-state index in [1.54, 1.807) is 10.4 Å². The normalized spacial score (nSPS) is 20.4. The summed E-state index contributed by atoms with van der Waals surface area (Å²) in [5.41, 5.74) is 1.56. The second-order valence-corrected chi connectivity index (χ2v) is 5.48. The van der Waals surface area contributed by atoms with Crippen molar-refractivity contribution in [3.63, 3.8) is 0 Å². The van der Waals surface area contributed by atoms with Crippen LogP contribution < -0.4 is 0 Å². The minimum absolute atomic E-state index is 0.613. The summed E-state index contributed by atoms with van der Waals surface area (Å²) in [6.45, 7) is 4.33. The van der Waals surface area contributed by atoms with Gasteiger partial charge in [0.1, 0.15) is 0 Å². The Labute approximate surface area is 102 Å². The number of likely N-dealkylation sites (N-methyl/N-ethyl adjacent to an activating group) is 1. The maximum absolute atomic E-state index is 4.42. The predicted molar refractivity (Wildman–Crippen MR) is 71.7 cm³/mol. The molecule has 3 heteroatoms. The van der Waals surface area contributed by atoms with Gasteiger partial charge in [0.25, 0.3) is 0 Å². The predicted octanol–water partition coefficient (Wildman–Crippen LogP) is 3.15. The van der Waals surface area contributed by atoms with Crippen LogP contribution in [0.3, 0.4) is 0 Å².